The zero-order valence-electron chi connectivity index (χ0n) is 10.9. The van der Waals surface area contributed by atoms with E-state index in [1.807, 2.05) is 16.8 Å². The summed E-state index contributed by atoms with van der Waals surface area (Å²) in [7, 11) is -3.42. The van der Waals surface area contributed by atoms with Gasteiger partial charge in [-0.2, -0.15) is 11.3 Å². The molecule has 1 N–H and O–H groups in total. The Bertz CT molecular complexity index is 622. The van der Waals surface area contributed by atoms with Crippen LogP contribution in [0.15, 0.2) is 46.0 Å². The highest BCUT2D eigenvalue weighted by atomic mass is 35.5. The van der Waals surface area contributed by atoms with Crippen molar-refractivity contribution in [1.29, 1.82) is 0 Å². The smallest absolute Gasteiger partial charge is 0.211 e. The van der Waals surface area contributed by atoms with Gasteiger partial charge in [-0.3, -0.25) is 0 Å². The Kier molecular flexibility index (Phi) is 5.60. The molecule has 0 radical (unpaired) electrons. The zero-order chi connectivity index (χ0) is 14.4. The largest absolute Gasteiger partial charge is 0.240 e. The molecule has 0 aliphatic carbocycles. The minimum Gasteiger partial charge on any atom is -0.211 e. The first-order valence-corrected chi connectivity index (χ1v) is 9.23. The third-order valence-corrected chi connectivity index (χ3v) is 5.30. The van der Waals surface area contributed by atoms with Crippen molar-refractivity contribution >= 4 is 33.0 Å². The summed E-state index contributed by atoms with van der Waals surface area (Å²) >= 11 is 7.27. The maximum atomic E-state index is 12.1. The summed E-state index contributed by atoms with van der Waals surface area (Å²) in [6, 6.07) is 8.84. The highest BCUT2D eigenvalue weighted by Gasteiger charge is 2.12. The zero-order valence-corrected chi connectivity index (χ0v) is 13.3. The molecule has 3 nitrogen and oxygen atoms in total. The average molecular weight is 330 g/mol. The van der Waals surface area contributed by atoms with Crippen LogP contribution in [0.2, 0.25) is 0 Å². The van der Waals surface area contributed by atoms with Crippen LogP contribution < -0.4 is 4.72 Å². The number of halogens is 1. The molecule has 1 aromatic carbocycles. The Morgan fingerprint density at radius 1 is 1.05 bits per heavy atom. The lowest BCUT2D eigenvalue weighted by atomic mass is 10.2. The first-order valence-electron chi connectivity index (χ1n) is 6.27. The van der Waals surface area contributed by atoms with Crippen LogP contribution in [0.3, 0.4) is 0 Å². The van der Waals surface area contributed by atoms with Crippen molar-refractivity contribution in [2.75, 3.05) is 12.4 Å². The molecule has 1 aromatic heterocycles. The van der Waals surface area contributed by atoms with Crippen molar-refractivity contribution in [2.24, 2.45) is 0 Å². The Morgan fingerprint density at radius 2 is 1.80 bits per heavy atom. The van der Waals surface area contributed by atoms with Gasteiger partial charge in [0, 0.05) is 12.4 Å². The van der Waals surface area contributed by atoms with E-state index in [-0.39, 0.29) is 0 Å². The molecule has 0 atom stereocenters. The number of nitrogens with one attached hydrogen (secondary N) is 1. The molecule has 1 heterocycles. The molecule has 2 rings (SSSR count). The van der Waals surface area contributed by atoms with Crippen LogP contribution in [0, 0.1) is 0 Å². The lowest BCUT2D eigenvalue weighted by Gasteiger charge is -2.07. The van der Waals surface area contributed by atoms with Crippen LogP contribution in [0.5, 0.6) is 0 Å². The van der Waals surface area contributed by atoms with Crippen molar-refractivity contribution in [3.63, 3.8) is 0 Å². The third-order valence-electron chi connectivity index (χ3n) is 2.90. The normalized spacial score (nSPS) is 11.7. The van der Waals surface area contributed by atoms with Gasteiger partial charge in [-0.15, -0.1) is 11.6 Å². The molecule has 20 heavy (non-hydrogen) atoms. The van der Waals surface area contributed by atoms with Crippen LogP contribution in [-0.2, 0) is 22.9 Å². The summed E-state index contributed by atoms with van der Waals surface area (Å²) in [5, 5.41) is 4.01. The molecular weight excluding hydrogens is 314 g/mol. The van der Waals surface area contributed by atoms with Gasteiger partial charge in [0.15, 0.2) is 0 Å². The molecule has 0 bridgehead atoms. The van der Waals surface area contributed by atoms with Crippen molar-refractivity contribution in [3.8, 4) is 0 Å². The molecule has 2 aromatic rings. The van der Waals surface area contributed by atoms with Crippen molar-refractivity contribution in [3.05, 3.63) is 52.2 Å². The predicted molar refractivity (Wildman–Crippen MR) is 84.1 cm³/mol. The van der Waals surface area contributed by atoms with E-state index in [1.54, 1.807) is 35.6 Å². The number of hydrogen-bond acceptors (Lipinski definition) is 3. The lowest BCUT2D eigenvalue weighted by Crippen LogP contribution is -2.25. The Hall–Kier alpha value is -0.880. The van der Waals surface area contributed by atoms with E-state index in [4.69, 9.17) is 11.6 Å². The Labute approximate surface area is 128 Å². The van der Waals surface area contributed by atoms with Crippen molar-refractivity contribution < 1.29 is 8.42 Å². The molecule has 0 spiro atoms. The number of aryl methyl sites for hydroxylation is 1. The fraction of sp³-hybridized carbons (Fsp3) is 0.286. The molecule has 108 valence electrons. The van der Waals surface area contributed by atoms with E-state index in [9.17, 15) is 8.42 Å². The Balaban J connectivity index is 1.95. The average Bonchev–Trinajstić information content (AvgIpc) is 2.93. The van der Waals surface area contributed by atoms with E-state index in [0.717, 1.165) is 17.5 Å². The summed E-state index contributed by atoms with van der Waals surface area (Å²) < 4.78 is 26.8. The van der Waals surface area contributed by atoms with Crippen LogP contribution >= 0.6 is 22.9 Å². The number of hydrogen-bond donors (Lipinski definition) is 1. The maximum Gasteiger partial charge on any atom is 0.240 e. The first-order chi connectivity index (χ1) is 9.62. The molecule has 6 heteroatoms. The summed E-state index contributed by atoms with van der Waals surface area (Å²) in [6.45, 7) is 0.405. The monoisotopic (exact) mass is 329 g/mol. The van der Waals surface area contributed by atoms with Crippen LogP contribution in [0.4, 0.5) is 0 Å². The van der Waals surface area contributed by atoms with Gasteiger partial charge in [0.2, 0.25) is 10.0 Å². The second-order valence-electron chi connectivity index (χ2n) is 4.36. The topological polar surface area (TPSA) is 46.2 Å². The van der Waals surface area contributed by atoms with Gasteiger partial charge in [0.25, 0.3) is 0 Å². The van der Waals surface area contributed by atoms with Gasteiger partial charge in [0.1, 0.15) is 0 Å². The molecule has 0 saturated heterocycles. The van der Waals surface area contributed by atoms with E-state index < -0.39 is 10.0 Å². The molecule has 0 unspecified atom stereocenters. The molecule has 0 aliphatic rings. The minimum atomic E-state index is -3.42. The number of benzene rings is 1. The van der Waals surface area contributed by atoms with Gasteiger partial charge in [-0.1, -0.05) is 12.1 Å². The summed E-state index contributed by atoms with van der Waals surface area (Å²) in [4.78, 5) is 0.293. The quantitative estimate of drug-likeness (QED) is 0.794. The Morgan fingerprint density at radius 3 is 2.40 bits per heavy atom. The summed E-state index contributed by atoms with van der Waals surface area (Å²) in [6.07, 6.45) is 1.44. The number of thiophene rings is 1. The first kappa shape index (κ1) is 15.5. The summed E-state index contributed by atoms with van der Waals surface area (Å²) in [5.74, 6) is 0.533. The predicted octanol–water partition coefficient (Wildman–Crippen LogP) is 3.05. The minimum absolute atomic E-state index is 0.293. The molecule has 0 amide bonds. The fourth-order valence-electron chi connectivity index (χ4n) is 1.79. The van der Waals surface area contributed by atoms with E-state index in [2.05, 4.69) is 4.72 Å². The van der Waals surface area contributed by atoms with Crippen molar-refractivity contribution in [2.45, 2.75) is 17.7 Å². The number of alkyl halides is 1. The molecule has 0 aliphatic heterocycles. The summed E-state index contributed by atoms with van der Waals surface area (Å²) in [5.41, 5.74) is 2.19. The van der Waals surface area contributed by atoms with E-state index >= 15 is 0 Å². The lowest BCUT2D eigenvalue weighted by molar-refractivity contribution is 0.581. The number of sulfonamides is 1. The highest BCUT2D eigenvalue weighted by molar-refractivity contribution is 7.89. The van der Waals surface area contributed by atoms with E-state index in [0.29, 0.717) is 23.7 Å². The molecule has 0 saturated carbocycles. The van der Waals surface area contributed by atoms with Crippen LogP contribution in [-0.4, -0.2) is 20.8 Å². The van der Waals surface area contributed by atoms with Gasteiger partial charge < -0.3 is 0 Å². The highest BCUT2D eigenvalue weighted by Crippen LogP contribution is 2.12. The van der Waals surface area contributed by atoms with Gasteiger partial charge >= 0.3 is 0 Å². The van der Waals surface area contributed by atoms with Gasteiger partial charge in [0.05, 0.1) is 4.90 Å². The SMILES string of the molecule is O=S(=O)(NCCc1ccsc1)c1ccc(CCCl)cc1. The van der Waals surface area contributed by atoms with E-state index in [1.165, 1.54) is 0 Å². The van der Waals surface area contributed by atoms with Crippen molar-refractivity contribution in [1.82, 2.24) is 4.72 Å². The second kappa shape index (κ2) is 7.22. The standard InChI is InChI=1S/C14H16ClNO2S2/c15-8-5-12-1-3-14(4-2-12)20(17,18)16-9-6-13-7-10-19-11-13/h1-4,7,10-11,16H,5-6,8-9H2. The molecular formula is C14H16ClNO2S2. The maximum absolute atomic E-state index is 12.1. The van der Waals surface area contributed by atoms with Crippen LogP contribution in [0.25, 0.3) is 0 Å². The van der Waals surface area contributed by atoms with Gasteiger partial charge in [-0.25, -0.2) is 13.1 Å². The van der Waals surface area contributed by atoms with Gasteiger partial charge in [-0.05, 0) is 52.9 Å². The molecule has 0 fully saturated rings. The van der Waals surface area contributed by atoms with Crippen LogP contribution in [0.1, 0.15) is 11.1 Å². The number of rotatable bonds is 7. The third kappa shape index (κ3) is 4.31. The fourth-order valence-corrected chi connectivity index (χ4v) is 3.75. The second-order valence-corrected chi connectivity index (χ2v) is 7.29.